The molecule has 0 aliphatic rings. The van der Waals surface area contributed by atoms with Gasteiger partial charge in [0, 0.05) is 5.25 Å². The molecule has 0 fully saturated rings. The van der Waals surface area contributed by atoms with Crippen molar-refractivity contribution in [1.29, 1.82) is 5.26 Å². The van der Waals surface area contributed by atoms with Crippen LogP contribution in [0.15, 0.2) is 17.2 Å². The maximum atomic E-state index is 8.78. The highest BCUT2D eigenvalue weighted by molar-refractivity contribution is 7.99. The van der Waals surface area contributed by atoms with Crippen LogP contribution in [0.25, 0.3) is 0 Å². The van der Waals surface area contributed by atoms with E-state index in [-0.39, 0.29) is 0 Å². The zero-order chi connectivity index (χ0) is 11.4. The molecule has 80 valence electrons. The molecule has 1 atom stereocenters. The minimum Gasteiger partial charge on any atom is -0.396 e. The highest BCUT2D eigenvalue weighted by Gasteiger charge is 2.10. The van der Waals surface area contributed by atoms with Crippen molar-refractivity contribution in [2.45, 2.75) is 31.0 Å². The predicted octanol–water partition coefficient (Wildman–Crippen LogP) is 2.67. The molecule has 1 heterocycles. The number of nitrogens with zero attached hydrogens (tertiary/aromatic N) is 2. The van der Waals surface area contributed by atoms with Gasteiger partial charge in [-0.25, -0.2) is 4.98 Å². The highest BCUT2D eigenvalue weighted by atomic mass is 32.2. The van der Waals surface area contributed by atoms with Crippen molar-refractivity contribution in [1.82, 2.24) is 4.98 Å². The second-order valence-electron chi connectivity index (χ2n) is 3.77. The monoisotopic (exact) mass is 221 g/mol. The molecule has 2 N–H and O–H groups in total. The lowest BCUT2D eigenvalue weighted by Gasteiger charge is -2.14. The number of nitriles is 1. The van der Waals surface area contributed by atoms with Crippen LogP contribution in [-0.4, -0.2) is 10.2 Å². The lowest BCUT2D eigenvalue weighted by molar-refractivity contribution is 0.641. The fourth-order valence-corrected chi connectivity index (χ4v) is 1.88. The van der Waals surface area contributed by atoms with Gasteiger partial charge in [0.05, 0.1) is 10.7 Å². The number of hydrogen-bond donors (Lipinski definition) is 1. The third-order valence-electron chi connectivity index (χ3n) is 2.25. The molecule has 0 amide bonds. The second-order valence-corrected chi connectivity index (χ2v) is 5.16. The topological polar surface area (TPSA) is 62.7 Å². The van der Waals surface area contributed by atoms with Crippen molar-refractivity contribution < 1.29 is 0 Å². The number of anilines is 1. The van der Waals surface area contributed by atoms with E-state index in [4.69, 9.17) is 11.0 Å². The summed E-state index contributed by atoms with van der Waals surface area (Å²) in [5.74, 6) is 0.583. The Kier molecular flexibility index (Phi) is 3.98. The van der Waals surface area contributed by atoms with Crippen LogP contribution in [0.1, 0.15) is 26.5 Å². The normalized spacial score (nSPS) is 12.5. The number of aromatic nitrogens is 1. The summed E-state index contributed by atoms with van der Waals surface area (Å²) in [7, 11) is 0. The number of hydrogen-bond acceptors (Lipinski definition) is 4. The molecule has 1 unspecified atom stereocenters. The van der Waals surface area contributed by atoms with Crippen LogP contribution in [0.4, 0.5) is 5.69 Å². The minimum atomic E-state index is 0.316. The quantitative estimate of drug-likeness (QED) is 0.797. The Balaban J connectivity index is 2.84. The Morgan fingerprint density at radius 1 is 1.40 bits per heavy atom. The van der Waals surface area contributed by atoms with E-state index in [9.17, 15) is 0 Å². The maximum Gasteiger partial charge on any atom is 0.164 e. The van der Waals surface area contributed by atoms with E-state index in [0.29, 0.717) is 22.5 Å². The maximum absolute atomic E-state index is 8.78. The van der Waals surface area contributed by atoms with Gasteiger partial charge >= 0.3 is 0 Å². The van der Waals surface area contributed by atoms with E-state index >= 15 is 0 Å². The average Bonchev–Trinajstić information content (AvgIpc) is 2.20. The standard InChI is InChI=1S/C11H15N3S/c1-7(2)8(3)15-11-5-4-9(13)10(6-12)14-11/h4-5,7-8H,13H2,1-3H3. The van der Waals surface area contributed by atoms with Gasteiger partial charge in [0.2, 0.25) is 0 Å². The van der Waals surface area contributed by atoms with Gasteiger partial charge in [-0.1, -0.05) is 20.8 Å². The number of nitrogen functional groups attached to an aromatic ring is 1. The Morgan fingerprint density at radius 3 is 2.60 bits per heavy atom. The van der Waals surface area contributed by atoms with Crippen LogP contribution in [0.3, 0.4) is 0 Å². The Morgan fingerprint density at radius 2 is 2.07 bits per heavy atom. The van der Waals surface area contributed by atoms with Crippen molar-refractivity contribution >= 4 is 17.4 Å². The molecule has 3 nitrogen and oxygen atoms in total. The summed E-state index contributed by atoms with van der Waals surface area (Å²) in [6.07, 6.45) is 0. The third-order valence-corrected chi connectivity index (χ3v) is 3.64. The lowest BCUT2D eigenvalue weighted by Crippen LogP contribution is -2.06. The van der Waals surface area contributed by atoms with Crippen LogP contribution in [0, 0.1) is 17.2 Å². The van der Waals surface area contributed by atoms with Crippen molar-refractivity contribution in [3.8, 4) is 6.07 Å². The van der Waals surface area contributed by atoms with Crippen LogP contribution < -0.4 is 5.73 Å². The van der Waals surface area contributed by atoms with E-state index in [0.717, 1.165) is 5.03 Å². The zero-order valence-electron chi connectivity index (χ0n) is 9.19. The summed E-state index contributed by atoms with van der Waals surface area (Å²) in [4.78, 5) is 4.19. The first-order valence-corrected chi connectivity index (χ1v) is 5.76. The van der Waals surface area contributed by atoms with Crippen LogP contribution in [-0.2, 0) is 0 Å². The summed E-state index contributed by atoms with van der Waals surface area (Å²) in [5.41, 5.74) is 6.36. The molecule has 0 saturated heterocycles. The smallest absolute Gasteiger partial charge is 0.164 e. The van der Waals surface area contributed by atoms with Crippen molar-refractivity contribution in [3.63, 3.8) is 0 Å². The largest absolute Gasteiger partial charge is 0.396 e. The van der Waals surface area contributed by atoms with Crippen molar-refractivity contribution in [2.75, 3.05) is 5.73 Å². The van der Waals surface area contributed by atoms with Crippen LogP contribution >= 0.6 is 11.8 Å². The third kappa shape index (κ3) is 3.14. The molecular weight excluding hydrogens is 206 g/mol. The number of rotatable bonds is 3. The molecule has 0 aliphatic heterocycles. The van der Waals surface area contributed by atoms with Crippen LogP contribution in [0.2, 0.25) is 0 Å². The Labute approximate surface area is 94.7 Å². The molecule has 0 aromatic carbocycles. The fourth-order valence-electron chi connectivity index (χ4n) is 0.934. The van der Waals surface area contributed by atoms with E-state index in [1.807, 2.05) is 12.1 Å². The van der Waals surface area contributed by atoms with Gasteiger partial charge in [-0.05, 0) is 18.1 Å². The highest BCUT2D eigenvalue weighted by Crippen LogP contribution is 2.27. The molecule has 1 rings (SSSR count). The van der Waals surface area contributed by atoms with Crippen molar-refractivity contribution in [3.05, 3.63) is 17.8 Å². The molecule has 0 bridgehead atoms. The molecule has 15 heavy (non-hydrogen) atoms. The van der Waals surface area contributed by atoms with Gasteiger partial charge in [-0.15, -0.1) is 11.8 Å². The molecule has 4 heteroatoms. The average molecular weight is 221 g/mol. The molecule has 0 spiro atoms. The number of nitrogens with two attached hydrogens (primary N) is 1. The van der Waals surface area contributed by atoms with Gasteiger partial charge in [-0.2, -0.15) is 5.26 Å². The molecular formula is C11H15N3S. The molecule has 1 aromatic rings. The molecule has 0 radical (unpaired) electrons. The van der Waals surface area contributed by atoms with Gasteiger partial charge in [0.15, 0.2) is 5.69 Å². The van der Waals surface area contributed by atoms with Gasteiger partial charge in [0.1, 0.15) is 6.07 Å². The van der Waals surface area contributed by atoms with E-state index < -0.39 is 0 Å². The van der Waals surface area contributed by atoms with E-state index in [1.165, 1.54) is 0 Å². The minimum absolute atomic E-state index is 0.316. The lowest BCUT2D eigenvalue weighted by atomic mass is 10.2. The van der Waals surface area contributed by atoms with Gasteiger partial charge < -0.3 is 5.73 Å². The fraction of sp³-hybridized carbons (Fsp3) is 0.455. The first-order valence-electron chi connectivity index (χ1n) is 4.88. The van der Waals surface area contributed by atoms with E-state index in [1.54, 1.807) is 17.8 Å². The SMILES string of the molecule is CC(C)C(C)Sc1ccc(N)c(C#N)n1. The summed E-state index contributed by atoms with van der Waals surface area (Å²) >= 11 is 1.67. The predicted molar refractivity (Wildman–Crippen MR) is 63.5 cm³/mol. The zero-order valence-corrected chi connectivity index (χ0v) is 10.0. The summed E-state index contributed by atoms with van der Waals surface area (Å²) < 4.78 is 0. The van der Waals surface area contributed by atoms with Gasteiger partial charge in [0.25, 0.3) is 0 Å². The van der Waals surface area contributed by atoms with E-state index in [2.05, 4.69) is 25.8 Å². The molecule has 0 aliphatic carbocycles. The number of pyridine rings is 1. The summed E-state index contributed by atoms with van der Waals surface area (Å²) in [6.45, 7) is 6.49. The Bertz CT molecular complexity index is 382. The first kappa shape index (κ1) is 11.9. The second kappa shape index (κ2) is 5.04. The molecule has 1 aromatic heterocycles. The summed E-state index contributed by atoms with van der Waals surface area (Å²) in [5, 5.41) is 10.1. The Hall–Kier alpha value is -1.21. The van der Waals surface area contributed by atoms with Crippen LogP contribution in [0.5, 0.6) is 0 Å². The summed E-state index contributed by atoms with van der Waals surface area (Å²) in [6, 6.07) is 5.59. The number of thioether (sulfide) groups is 1. The molecule has 0 saturated carbocycles. The van der Waals surface area contributed by atoms with Gasteiger partial charge in [-0.3, -0.25) is 0 Å². The first-order chi connectivity index (χ1) is 7.04. The van der Waals surface area contributed by atoms with Crippen molar-refractivity contribution in [2.24, 2.45) is 5.92 Å².